The fourth-order valence-corrected chi connectivity index (χ4v) is 5.76. The van der Waals surface area contributed by atoms with Gasteiger partial charge in [0.2, 0.25) is 0 Å². The van der Waals surface area contributed by atoms with Crippen LogP contribution in [0.5, 0.6) is 11.5 Å². The van der Waals surface area contributed by atoms with E-state index in [2.05, 4.69) is 97.3 Å². The third-order valence-corrected chi connectivity index (χ3v) is 8.43. The van der Waals surface area contributed by atoms with Crippen molar-refractivity contribution in [3.8, 4) is 23.0 Å². The van der Waals surface area contributed by atoms with E-state index in [0.29, 0.717) is 6.61 Å². The molecule has 0 saturated heterocycles. The molecule has 0 amide bonds. The third kappa shape index (κ3) is 10.2. The van der Waals surface area contributed by atoms with Gasteiger partial charge in [-0.25, -0.2) is 0 Å². The molecule has 0 aliphatic rings. The Morgan fingerprint density at radius 1 is 0.615 bits per heavy atom. The van der Waals surface area contributed by atoms with Gasteiger partial charge in [0, 0.05) is 20.8 Å². The summed E-state index contributed by atoms with van der Waals surface area (Å²) >= 11 is 3.71. The van der Waals surface area contributed by atoms with Crippen LogP contribution in [0.25, 0.3) is 21.5 Å². The Hall–Kier alpha value is -1.96. The minimum atomic E-state index is -1.47. The van der Waals surface area contributed by atoms with Crippen LogP contribution in [0.15, 0.2) is 40.9 Å². The lowest BCUT2D eigenvalue weighted by Gasteiger charge is -2.19. The molecule has 0 aliphatic carbocycles. The second kappa shape index (κ2) is 16.3. The van der Waals surface area contributed by atoms with Gasteiger partial charge in [0.25, 0.3) is 0 Å². The molecule has 2 nitrogen and oxygen atoms in total. The van der Waals surface area contributed by atoms with Crippen molar-refractivity contribution >= 4 is 45.5 Å². The van der Waals surface area contributed by atoms with Crippen molar-refractivity contribution in [2.24, 2.45) is 0 Å². The standard InChI is InChI=1S/C35H49BrO2Si/c1-6-8-10-12-14-16-23-37-34-30-20-18-28(22-25-39(3,4)5)26-32(30)33-27-29(36)19-21-31(33)35(34)38-24-17-15-13-11-9-7-2/h18-21,26-27H,6-17,23-24H2,1-5H3. The molecule has 0 bridgehead atoms. The summed E-state index contributed by atoms with van der Waals surface area (Å²) in [5.74, 6) is 5.24. The number of rotatable bonds is 16. The Labute approximate surface area is 247 Å². The minimum Gasteiger partial charge on any atom is -0.489 e. The summed E-state index contributed by atoms with van der Waals surface area (Å²) in [5.41, 5.74) is 4.59. The van der Waals surface area contributed by atoms with Crippen LogP contribution >= 0.6 is 15.9 Å². The molecule has 3 aromatic rings. The van der Waals surface area contributed by atoms with E-state index in [1.54, 1.807) is 0 Å². The van der Waals surface area contributed by atoms with Gasteiger partial charge in [-0.1, -0.05) is 120 Å². The normalized spacial score (nSPS) is 11.5. The van der Waals surface area contributed by atoms with Crippen LogP contribution in [0.4, 0.5) is 0 Å². The van der Waals surface area contributed by atoms with E-state index < -0.39 is 8.07 Å². The maximum Gasteiger partial charge on any atom is 0.169 e. The maximum absolute atomic E-state index is 6.59. The fraction of sp³-hybridized carbons (Fsp3) is 0.543. The van der Waals surface area contributed by atoms with Crippen molar-refractivity contribution in [2.45, 2.75) is 111 Å². The van der Waals surface area contributed by atoms with Gasteiger partial charge in [-0.2, -0.15) is 0 Å². The molecule has 0 aliphatic heterocycles. The Balaban J connectivity index is 1.96. The second-order valence-corrected chi connectivity index (χ2v) is 17.5. The number of fused-ring (bicyclic) bond motifs is 3. The average molecular weight is 610 g/mol. The van der Waals surface area contributed by atoms with Crippen LogP contribution in [0.2, 0.25) is 19.6 Å². The molecule has 0 spiro atoms. The number of hydrogen-bond acceptors (Lipinski definition) is 2. The number of ether oxygens (including phenoxy) is 2. The molecule has 212 valence electrons. The highest BCUT2D eigenvalue weighted by atomic mass is 79.9. The zero-order valence-electron chi connectivity index (χ0n) is 25.1. The van der Waals surface area contributed by atoms with Crippen LogP contribution < -0.4 is 9.47 Å². The minimum absolute atomic E-state index is 0.716. The number of halogens is 1. The highest BCUT2D eigenvalue weighted by molar-refractivity contribution is 9.10. The van der Waals surface area contributed by atoms with Gasteiger partial charge in [-0.15, -0.1) is 5.54 Å². The van der Waals surface area contributed by atoms with E-state index in [4.69, 9.17) is 9.47 Å². The fourth-order valence-electron chi connectivity index (χ4n) is 4.88. The molecule has 0 unspecified atom stereocenters. The molecule has 0 aromatic heterocycles. The molecular weight excluding hydrogens is 560 g/mol. The first-order valence-electron chi connectivity index (χ1n) is 15.3. The molecule has 0 N–H and O–H groups in total. The summed E-state index contributed by atoms with van der Waals surface area (Å²) in [5, 5.41) is 4.59. The average Bonchev–Trinajstić information content (AvgIpc) is 2.91. The molecule has 0 saturated carbocycles. The molecule has 3 aromatic carbocycles. The lowest BCUT2D eigenvalue weighted by molar-refractivity contribution is 0.263. The van der Waals surface area contributed by atoms with Crippen molar-refractivity contribution in [3.05, 3.63) is 46.4 Å². The van der Waals surface area contributed by atoms with Gasteiger partial charge < -0.3 is 9.47 Å². The smallest absolute Gasteiger partial charge is 0.169 e. The van der Waals surface area contributed by atoms with Crippen molar-refractivity contribution < 1.29 is 9.47 Å². The van der Waals surface area contributed by atoms with Crippen LogP contribution in [0.3, 0.4) is 0 Å². The summed E-state index contributed by atoms with van der Waals surface area (Å²) in [6, 6.07) is 13.1. The first kappa shape index (κ1) is 31.6. The Bertz CT molecular complexity index is 1250. The molecule has 0 fully saturated rings. The summed E-state index contributed by atoms with van der Waals surface area (Å²) in [6.07, 6.45) is 15.0. The zero-order chi connectivity index (χ0) is 28.1. The van der Waals surface area contributed by atoms with Gasteiger partial charge >= 0.3 is 0 Å². The molecule has 0 atom stereocenters. The van der Waals surface area contributed by atoms with Crippen molar-refractivity contribution in [1.29, 1.82) is 0 Å². The van der Waals surface area contributed by atoms with Crippen LogP contribution in [-0.2, 0) is 0 Å². The zero-order valence-corrected chi connectivity index (χ0v) is 27.6. The Morgan fingerprint density at radius 3 is 1.64 bits per heavy atom. The predicted molar refractivity (Wildman–Crippen MR) is 177 cm³/mol. The summed E-state index contributed by atoms with van der Waals surface area (Å²) in [6.45, 7) is 12.8. The summed E-state index contributed by atoms with van der Waals surface area (Å²) in [4.78, 5) is 0. The van der Waals surface area contributed by atoms with Gasteiger partial charge in [-0.3, -0.25) is 0 Å². The van der Waals surface area contributed by atoms with Gasteiger partial charge in [0.1, 0.15) is 8.07 Å². The van der Waals surface area contributed by atoms with Crippen molar-refractivity contribution in [3.63, 3.8) is 0 Å². The summed E-state index contributed by atoms with van der Waals surface area (Å²) in [7, 11) is -1.47. The lowest BCUT2D eigenvalue weighted by Crippen LogP contribution is -2.16. The lowest BCUT2D eigenvalue weighted by atomic mass is 9.98. The molecule has 3 rings (SSSR count). The van der Waals surface area contributed by atoms with E-state index in [0.717, 1.165) is 51.8 Å². The van der Waals surface area contributed by atoms with E-state index >= 15 is 0 Å². The predicted octanol–water partition coefficient (Wildman–Crippen LogP) is 11.5. The molecule has 0 radical (unpaired) electrons. The SMILES string of the molecule is CCCCCCCCOc1c(OCCCCCCCC)c2ccc(C#C[Si](C)(C)C)cc2c2cc(Br)ccc12. The second-order valence-electron chi connectivity index (χ2n) is 11.8. The highest BCUT2D eigenvalue weighted by Gasteiger charge is 2.18. The van der Waals surface area contributed by atoms with Crippen LogP contribution in [-0.4, -0.2) is 21.3 Å². The molecule has 4 heteroatoms. The Kier molecular flexibility index (Phi) is 13.2. The van der Waals surface area contributed by atoms with Gasteiger partial charge in [0.05, 0.1) is 13.2 Å². The van der Waals surface area contributed by atoms with E-state index in [-0.39, 0.29) is 0 Å². The number of hydrogen-bond donors (Lipinski definition) is 0. The van der Waals surface area contributed by atoms with Gasteiger partial charge in [-0.05, 0) is 60.0 Å². The highest BCUT2D eigenvalue weighted by Crippen LogP contribution is 2.45. The molecular formula is C35H49BrO2Si. The van der Waals surface area contributed by atoms with E-state index in [9.17, 15) is 0 Å². The third-order valence-electron chi connectivity index (χ3n) is 7.06. The van der Waals surface area contributed by atoms with Crippen LogP contribution in [0, 0.1) is 11.5 Å². The first-order valence-corrected chi connectivity index (χ1v) is 19.6. The van der Waals surface area contributed by atoms with E-state index in [1.165, 1.54) is 75.0 Å². The largest absolute Gasteiger partial charge is 0.489 e. The van der Waals surface area contributed by atoms with Crippen LogP contribution in [0.1, 0.15) is 96.5 Å². The maximum atomic E-state index is 6.59. The summed E-state index contributed by atoms with van der Waals surface area (Å²) < 4.78 is 14.2. The topological polar surface area (TPSA) is 18.5 Å². The number of unbranched alkanes of at least 4 members (excludes halogenated alkanes) is 10. The molecule has 0 heterocycles. The molecule has 39 heavy (non-hydrogen) atoms. The van der Waals surface area contributed by atoms with E-state index in [1.807, 2.05) is 0 Å². The van der Waals surface area contributed by atoms with Gasteiger partial charge in [0.15, 0.2) is 11.5 Å². The first-order chi connectivity index (χ1) is 18.8. The van der Waals surface area contributed by atoms with Crippen molar-refractivity contribution in [1.82, 2.24) is 0 Å². The monoisotopic (exact) mass is 608 g/mol. The van der Waals surface area contributed by atoms with Crippen molar-refractivity contribution in [2.75, 3.05) is 13.2 Å². The Morgan fingerprint density at radius 2 is 1.10 bits per heavy atom. The number of benzene rings is 3. The quantitative estimate of drug-likeness (QED) is 0.0696.